The zero-order valence-corrected chi connectivity index (χ0v) is 21.4. The molecule has 33 heavy (non-hydrogen) atoms. The molecule has 0 saturated heterocycles. The van der Waals surface area contributed by atoms with Gasteiger partial charge in [-0.25, -0.2) is 14.8 Å². The summed E-state index contributed by atoms with van der Waals surface area (Å²) < 4.78 is 17.9. The van der Waals surface area contributed by atoms with Crippen LogP contribution < -0.4 is 4.74 Å². The molecule has 2 heterocycles. The minimum absolute atomic E-state index is 0.0955. The van der Waals surface area contributed by atoms with Crippen LogP contribution in [0.3, 0.4) is 0 Å². The van der Waals surface area contributed by atoms with Gasteiger partial charge in [-0.15, -0.1) is 11.3 Å². The Morgan fingerprint density at radius 3 is 2.64 bits per heavy atom. The number of hydrogen-bond acceptors (Lipinski definition) is 7. The van der Waals surface area contributed by atoms with E-state index in [9.17, 15) is 4.79 Å². The van der Waals surface area contributed by atoms with Crippen molar-refractivity contribution >= 4 is 27.6 Å². The molecule has 1 fully saturated rings. The monoisotopic (exact) mass is 475 g/mol. The predicted octanol–water partition coefficient (Wildman–Crippen LogP) is 5.70. The third-order valence-electron chi connectivity index (χ3n) is 6.51. The molecule has 0 bridgehead atoms. The van der Waals surface area contributed by atoms with Crippen molar-refractivity contribution in [1.82, 2.24) is 14.9 Å². The van der Waals surface area contributed by atoms with Crippen LogP contribution in [0.25, 0.3) is 10.2 Å². The Bertz CT molecular complexity index is 962. The highest BCUT2D eigenvalue weighted by atomic mass is 32.1. The molecule has 1 saturated carbocycles. The van der Waals surface area contributed by atoms with Crippen LogP contribution in [0.4, 0.5) is 4.79 Å². The average Bonchev–Trinajstić information content (AvgIpc) is 3.33. The summed E-state index contributed by atoms with van der Waals surface area (Å²) in [5.74, 6) is 1.11. The number of thiophene rings is 1. The van der Waals surface area contributed by atoms with Crippen molar-refractivity contribution in [1.29, 1.82) is 0 Å². The molecule has 2 aliphatic carbocycles. The van der Waals surface area contributed by atoms with Gasteiger partial charge in [-0.1, -0.05) is 6.92 Å². The van der Waals surface area contributed by atoms with Crippen LogP contribution in [-0.2, 0) is 15.9 Å². The minimum atomic E-state index is -0.482. The quantitative estimate of drug-likeness (QED) is 0.478. The molecule has 0 aromatic carbocycles. The lowest BCUT2D eigenvalue weighted by Gasteiger charge is -2.35. The molecule has 0 aliphatic heterocycles. The highest BCUT2D eigenvalue weighted by molar-refractivity contribution is 7.19. The molecule has 0 unspecified atom stereocenters. The fraction of sp³-hybridized carbons (Fsp3) is 0.720. The summed E-state index contributed by atoms with van der Waals surface area (Å²) in [7, 11) is 1.84. The van der Waals surface area contributed by atoms with Gasteiger partial charge in [-0.05, 0) is 71.3 Å². The van der Waals surface area contributed by atoms with E-state index in [4.69, 9.17) is 14.2 Å². The first kappa shape index (κ1) is 24.2. The third kappa shape index (κ3) is 5.60. The van der Waals surface area contributed by atoms with E-state index in [0.29, 0.717) is 11.8 Å². The van der Waals surface area contributed by atoms with Gasteiger partial charge in [0.05, 0.1) is 12.0 Å². The summed E-state index contributed by atoms with van der Waals surface area (Å²) in [5.41, 5.74) is 0.865. The van der Waals surface area contributed by atoms with E-state index in [1.807, 2.05) is 27.8 Å². The van der Waals surface area contributed by atoms with E-state index in [-0.39, 0.29) is 18.2 Å². The molecular weight excluding hydrogens is 438 g/mol. The Morgan fingerprint density at radius 2 is 1.94 bits per heavy atom. The van der Waals surface area contributed by atoms with Crippen LogP contribution in [0.2, 0.25) is 0 Å². The molecule has 0 N–H and O–H groups in total. The van der Waals surface area contributed by atoms with E-state index >= 15 is 0 Å². The van der Waals surface area contributed by atoms with Crippen molar-refractivity contribution in [3.05, 3.63) is 16.8 Å². The molecule has 2 aliphatic rings. The van der Waals surface area contributed by atoms with Gasteiger partial charge < -0.3 is 19.1 Å². The largest absolute Gasteiger partial charge is 0.474 e. The summed E-state index contributed by atoms with van der Waals surface area (Å²) in [4.78, 5) is 25.7. The van der Waals surface area contributed by atoms with Crippen LogP contribution in [0.1, 0.15) is 82.6 Å². The Morgan fingerprint density at radius 1 is 1.18 bits per heavy atom. The van der Waals surface area contributed by atoms with E-state index in [2.05, 4.69) is 16.9 Å². The van der Waals surface area contributed by atoms with Gasteiger partial charge in [0.25, 0.3) is 0 Å². The topological polar surface area (TPSA) is 73.8 Å². The smallest absolute Gasteiger partial charge is 0.410 e. The number of rotatable bonds is 7. The summed E-state index contributed by atoms with van der Waals surface area (Å²) in [6.45, 7) is 9.38. The minimum Gasteiger partial charge on any atom is -0.474 e. The second kappa shape index (κ2) is 10.1. The third-order valence-corrected chi connectivity index (χ3v) is 7.69. The second-order valence-corrected chi connectivity index (χ2v) is 11.3. The van der Waals surface area contributed by atoms with E-state index in [1.54, 1.807) is 22.6 Å². The molecule has 8 heteroatoms. The normalized spacial score (nSPS) is 22.9. The molecule has 0 spiro atoms. The summed E-state index contributed by atoms with van der Waals surface area (Å²) in [6, 6.07) is 0.176. The lowest BCUT2D eigenvalue weighted by atomic mass is 9.92. The molecule has 0 radical (unpaired) electrons. The number of amides is 1. The van der Waals surface area contributed by atoms with Crippen molar-refractivity contribution in [3.8, 4) is 5.88 Å². The first-order chi connectivity index (χ1) is 15.8. The predicted molar refractivity (Wildman–Crippen MR) is 130 cm³/mol. The number of nitrogens with zero attached hydrogens (tertiary/aromatic N) is 3. The number of aromatic nitrogens is 2. The molecule has 1 amide bonds. The van der Waals surface area contributed by atoms with Crippen molar-refractivity contribution < 1.29 is 19.0 Å². The highest BCUT2D eigenvalue weighted by Crippen LogP contribution is 2.46. The molecule has 182 valence electrons. The average molecular weight is 476 g/mol. The number of hydrogen-bond donors (Lipinski definition) is 0. The molecule has 4 rings (SSSR count). The van der Waals surface area contributed by atoms with E-state index < -0.39 is 5.60 Å². The van der Waals surface area contributed by atoms with Gasteiger partial charge in [0.1, 0.15) is 22.9 Å². The van der Waals surface area contributed by atoms with Gasteiger partial charge in [-0.3, -0.25) is 0 Å². The zero-order chi connectivity index (χ0) is 23.6. The van der Waals surface area contributed by atoms with Gasteiger partial charge in [0, 0.05) is 30.5 Å². The lowest BCUT2D eigenvalue weighted by molar-refractivity contribution is 0.0137. The molecule has 1 atom stereocenters. The van der Waals surface area contributed by atoms with E-state index in [0.717, 1.165) is 68.4 Å². The number of aryl methyl sites for hydroxylation is 1. The zero-order valence-electron chi connectivity index (χ0n) is 20.6. The summed E-state index contributed by atoms with van der Waals surface area (Å²) >= 11 is 1.77. The van der Waals surface area contributed by atoms with E-state index in [1.165, 1.54) is 10.4 Å². The maximum absolute atomic E-state index is 12.4. The van der Waals surface area contributed by atoms with Gasteiger partial charge in [-0.2, -0.15) is 0 Å². The van der Waals surface area contributed by atoms with Crippen LogP contribution in [0.15, 0.2) is 6.33 Å². The Labute approximate surface area is 200 Å². The number of carbonyl (C=O) groups is 1. The number of carbonyl (C=O) groups excluding carboxylic acids is 1. The molecule has 2 aromatic rings. The Hall–Kier alpha value is -1.93. The first-order valence-corrected chi connectivity index (χ1v) is 13.0. The highest BCUT2D eigenvalue weighted by Gasteiger charge is 2.33. The summed E-state index contributed by atoms with van der Waals surface area (Å²) in [6.07, 6.45) is 8.26. The van der Waals surface area contributed by atoms with Gasteiger partial charge >= 0.3 is 6.09 Å². The van der Waals surface area contributed by atoms with Crippen molar-refractivity contribution in [3.63, 3.8) is 0 Å². The van der Waals surface area contributed by atoms with Crippen LogP contribution in [0.5, 0.6) is 5.88 Å². The second-order valence-electron chi connectivity index (χ2n) is 10.2. The van der Waals surface area contributed by atoms with Crippen molar-refractivity contribution in [2.24, 2.45) is 0 Å². The molecular formula is C25H37N3O4S. The first-order valence-electron chi connectivity index (χ1n) is 12.2. The Kier molecular flexibility index (Phi) is 7.43. The SMILES string of the molecule is CCCOC[C@H]1CCc2sc3ncnc(OC4CCC(N(C)C(=O)OC(C)(C)C)CC4)c3c21. The number of fused-ring (bicyclic) bond motifs is 3. The van der Waals surface area contributed by atoms with Crippen LogP contribution in [-0.4, -0.2) is 59.0 Å². The van der Waals surface area contributed by atoms with Crippen LogP contribution in [0, 0.1) is 0 Å². The fourth-order valence-corrected chi connectivity index (χ4v) is 6.09. The number of ether oxygens (including phenoxy) is 3. The van der Waals surface area contributed by atoms with Crippen molar-refractivity contribution in [2.75, 3.05) is 20.3 Å². The standard InChI is InChI=1S/C25H37N3O4S/c1-6-13-30-14-16-7-12-19-20(16)21-22(26-15-27-23(21)33-19)31-18-10-8-17(9-11-18)28(5)24(29)32-25(2,3)4/h15-18H,6-14H2,1-5H3/t16-,17?,18?/m1/s1. The molecule has 2 aromatic heterocycles. The maximum Gasteiger partial charge on any atom is 0.410 e. The van der Waals surface area contributed by atoms with Crippen LogP contribution >= 0.6 is 11.3 Å². The van der Waals surface area contributed by atoms with Gasteiger partial charge in [0.15, 0.2) is 0 Å². The van der Waals surface area contributed by atoms with Gasteiger partial charge in [0.2, 0.25) is 5.88 Å². The lowest BCUT2D eigenvalue weighted by Crippen LogP contribution is -2.43. The molecule has 7 nitrogen and oxygen atoms in total. The van der Waals surface area contributed by atoms with Crippen molar-refractivity contribution in [2.45, 2.75) is 96.3 Å². The summed E-state index contributed by atoms with van der Waals surface area (Å²) in [5, 5.41) is 1.09. The Balaban J connectivity index is 1.42. The maximum atomic E-state index is 12.4. The fourth-order valence-electron chi connectivity index (χ4n) is 4.86.